The minimum absolute atomic E-state index is 0.0735. The first kappa shape index (κ1) is 14.6. The molecule has 6 heteroatoms. The highest BCUT2D eigenvalue weighted by Gasteiger charge is 2.17. The summed E-state index contributed by atoms with van der Waals surface area (Å²) in [7, 11) is 0. The van der Waals surface area contributed by atoms with Gasteiger partial charge in [-0.25, -0.2) is 8.78 Å². The molecule has 104 valence electrons. The van der Waals surface area contributed by atoms with Crippen LogP contribution < -0.4 is 5.32 Å². The van der Waals surface area contributed by atoms with E-state index >= 15 is 0 Å². The average molecular weight is 341 g/mol. The Balaban J connectivity index is 2.17. The van der Waals surface area contributed by atoms with Gasteiger partial charge in [0.15, 0.2) is 0 Å². The molecule has 2 rings (SSSR count). The van der Waals surface area contributed by atoms with Gasteiger partial charge in [-0.15, -0.1) is 0 Å². The van der Waals surface area contributed by atoms with E-state index < -0.39 is 23.6 Å². The molecule has 0 bridgehead atoms. The van der Waals surface area contributed by atoms with Crippen LogP contribution in [0.5, 0.6) is 0 Å². The van der Waals surface area contributed by atoms with Gasteiger partial charge in [0.1, 0.15) is 11.6 Å². The molecule has 0 aliphatic rings. The molecule has 3 nitrogen and oxygen atoms in total. The van der Waals surface area contributed by atoms with Crippen molar-refractivity contribution in [2.75, 3.05) is 0 Å². The minimum Gasteiger partial charge on any atom is -0.345 e. The summed E-state index contributed by atoms with van der Waals surface area (Å²) >= 11 is 3.02. The Morgan fingerprint density at radius 2 is 2.10 bits per heavy atom. The molecular formula is C14H11BrF2N2O. The van der Waals surface area contributed by atoms with Gasteiger partial charge in [-0.2, -0.15) is 0 Å². The predicted molar refractivity (Wildman–Crippen MR) is 74.2 cm³/mol. The third-order valence-corrected chi connectivity index (χ3v) is 3.38. The van der Waals surface area contributed by atoms with Gasteiger partial charge in [0.2, 0.25) is 0 Å². The first-order valence-electron chi connectivity index (χ1n) is 5.84. The number of aromatic nitrogens is 1. The Morgan fingerprint density at radius 3 is 2.80 bits per heavy atom. The SMILES string of the molecule is C[C@H](NC(=O)c1cccc(Br)c1F)c1cncc(F)c1. The average Bonchev–Trinajstić information content (AvgIpc) is 2.41. The number of carbonyl (C=O) groups is 1. The number of hydrogen-bond acceptors (Lipinski definition) is 2. The van der Waals surface area contributed by atoms with Crippen molar-refractivity contribution in [3.63, 3.8) is 0 Å². The van der Waals surface area contributed by atoms with Crippen LogP contribution in [0.15, 0.2) is 41.1 Å². The lowest BCUT2D eigenvalue weighted by Crippen LogP contribution is -2.27. The van der Waals surface area contributed by atoms with Crippen LogP contribution in [0, 0.1) is 11.6 Å². The molecule has 0 aliphatic heterocycles. The molecule has 0 aliphatic carbocycles. The highest BCUT2D eigenvalue weighted by atomic mass is 79.9. The molecule has 1 heterocycles. The van der Waals surface area contributed by atoms with E-state index in [9.17, 15) is 13.6 Å². The van der Waals surface area contributed by atoms with Crippen molar-refractivity contribution in [1.29, 1.82) is 0 Å². The number of carbonyl (C=O) groups excluding carboxylic acids is 1. The first-order chi connectivity index (χ1) is 9.49. The van der Waals surface area contributed by atoms with Crippen LogP contribution in [-0.4, -0.2) is 10.9 Å². The molecule has 0 spiro atoms. The molecule has 1 atom stereocenters. The molecule has 1 aromatic carbocycles. The summed E-state index contributed by atoms with van der Waals surface area (Å²) in [6.07, 6.45) is 2.53. The standard InChI is InChI=1S/C14H11BrF2N2O/c1-8(9-5-10(16)7-18-6-9)19-14(20)11-3-2-4-12(15)13(11)17/h2-8H,1H3,(H,19,20)/t8-/m0/s1. The summed E-state index contributed by atoms with van der Waals surface area (Å²) < 4.78 is 27.1. The molecule has 1 aromatic heterocycles. The van der Waals surface area contributed by atoms with E-state index in [-0.39, 0.29) is 10.0 Å². The molecule has 1 amide bonds. The third kappa shape index (κ3) is 3.19. The van der Waals surface area contributed by atoms with Gasteiger partial charge >= 0.3 is 0 Å². The van der Waals surface area contributed by atoms with Crippen LogP contribution in [0.1, 0.15) is 28.9 Å². The minimum atomic E-state index is -0.630. The summed E-state index contributed by atoms with van der Waals surface area (Å²) in [6, 6.07) is 5.24. The molecule has 0 fully saturated rings. The zero-order valence-electron chi connectivity index (χ0n) is 10.5. The third-order valence-electron chi connectivity index (χ3n) is 2.77. The molecule has 20 heavy (non-hydrogen) atoms. The van der Waals surface area contributed by atoms with E-state index in [0.717, 1.165) is 6.20 Å². The van der Waals surface area contributed by atoms with Crippen molar-refractivity contribution in [1.82, 2.24) is 10.3 Å². The normalized spacial score (nSPS) is 12.0. The van der Waals surface area contributed by atoms with Gasteiger partial charge in [-0.1, -0.05) is 6.07 Å². The van der Waals surface area contributed by atoms with E-state index in [0.29, 0.717) is 5.56 Å². The van der Waals surface area contributed by atoms with Crippen LogP contribution in [0.25, 0.3) is 0 Å². The molecule has 0 saturated carbocycles. The van der Waals surface area contributed by atoms with Gasteiger partial charge in [0.25, 0.3) is 5.91 Å². The smallest absolute Gasteiger partial charge is 0.254 e. The van der Waals surface area contributed by atoms with Crippen LogP contribution >= 0.6 is 15.9 Å². The maximum Gasteiger partial charge on any atom is 0.254 e. The fourth-order valence-electron chi connectivity index (χ4n) is 1.70. The fraction of sp³-hybridized carbons (Fsp3) is 0.143. The van der Waals surface area contributed by atoms with Crippen molar-refractivity contribution < 1.29 is 13.6 Å². The van der Waals surface area contributed by atoms with Crippen LogP contribution in [0.3, 0.4) is 0 Å². The van der Waals surface area contributed by atoms with Gasteiger partial charge in [-0.05, 0) is 46.6 Å². The summed E-state index contributed by atoms with van der Waals surface area (Å²) in [4.78, 5) is 15.7. The Hall–Kier alpha value is -1.82. The second-order valence-corrected chi connectivity index (χ2v) is 5.09. The van der Waals surface area contributed by atoms with Crippen LogP contribution in [-0.2, 0) is 0 Å². The predicted octanol–water partition coefficient (Wildman–Crippen LogP) is 3.61. The lowest BCUT2D eigenvalue weighted by molar-refractivity contribution is 0.0935. The van der Waals surface area contributed by atoms with Crippen molar-refractivity contribution >= 4 is 21.8 Å². The quantitative estimate of drug-likeness (QED) is 0.927. The van der Waals surface area contributed by atoms with Crippen molar-refractivity contribution in [2.24, 2.45) is 0 Å². The van der Waals surface area contributed by atoms with E-state index in [1.807, 2.05) is 0 Å². The molecule has 0 saturated heterocycles. The van der Waals surface area contributed by atoms with Gasteiger partial charge in [0.05, 0.1) is 22.3 Å². The fourth-order valence-corrected chi connectivity index (χ4v) is 2.07. The number of pyridine rings is 1. The molecule has 0 radical (unpaired) electrons. The largest absolute Gasteiger partial charge is 0.345 e. The second-order valence-electron chi connectivity index (χ2n) is 4.23. The molecule has 2 aromatic rings. The monoisotopic (exact) mass is 340 g/mol. The Bertz CT molecular complexity index is 649. The van der Waals surface area contributed by atoms with E-state index in [4.69, 9.17) is 0 Å². The zero-order valence-corrected chi connectivity index (χ0v) is 12.1. The van der Waals surface area contributed by atoms with E-state index in [2.05, 4.69) is 26.2 Å². The van der Waals surface area contributed by atoms with E-state index in [1.165, 1.54) is 24.4 Å². The number of nitrogens with zero attached hydrogens (tertiary/aromatic N) is 1. The second kappa shape index (κ2) is 6.09. The maximum absolute atomic E-state index is 13.8. The van der Waals surface area contributed by atoms with Crippen molar-refractivity contribution in [3.05, 3.63) is 63.9 Å². The van der Waals surface area contributed by atoms with Crippen molar-refractivity contribution in [3.8, 4) is 0 Å². The number of halogens is 3. The Morgan fingerprint density at radius 1 is 1.35 bits per heavy atom. The lowest BCUT2D eigenvalue weighted by atomic mass is 10.1. The molecular weight excluding hydrogens is 330 g/mol. The molecule has 1 N–H and O–H groups in total. The van der Waals surface area contributed by atoms with Crippen LogP contribution in [0.4, 0.5) is 8.78 Å². The van der Waals surface area contributed by atoms with Gasteiger partial charge in [0, 0.05) is 6.20 Å². The summed E-state index contributed by atoms with van der Waals surface area (Å²) in [6.45, 7) is 1.67. The summed E-state index contributed by atoms with van der Waals surface area (Å²) in [5.41, 5.74) is 0.435. The Kier molecular flexibility index (Phi) is 4.44. The highest BCUT2D eigenvalue weighted by Crippen LogP contribution is 2.20. The van der Waals surface area contributed by atoms with E-state index in [1.54, 1.807) is 13.0 Å². The lowest BCUT2D eigenvalue weighted by Gasteiger charge is -2.14. The van der Waals surface area contributed by atoms with Crippen LogP contribution in [0.2, 0.25) is 0 Å². The number of nitrogens with one attached hydrogen (secondary N) is 1. The maximum atomic E-state index is 13.8. The number of amides is 1. The summed E-state index contributed by atoms with van der Waals surface area (Å²) in [5, 5.41) is 2.60. The zero-order chi connectivity index (χ0) is 14.7. The number of benzene rings is 1. The van der Waals surface area contributed by atoms with Gasteiger partial charge in [-0.3, -0.25) is 9.78 Å². The highest BCUT2D eigenvalue weighted by molar-refractivity contribution is 9.10. The summed E-state index contributed by atoms with van der Waals surface area (Å²) in [5.74, 6) is -1.69. The molecule has 0 unspecified atom stereocenters. The number of rotatable bonds is 3. The number of hydrogen-bond donors (Lipinski definition) is 1. The van der Waals surface area contributed by atoms with Gasteiger partial charge < -0.3 is 5.32 Å². The topological polar surface area (TPSA) is 42.0 Å². The van der Waals surface area contributed by atoms with Crippen molar-refractivity contribution in [2.45, 2.75) is 13.0 Å². The Labute approximate surface area is 123 Å². The first-order valence-corrected chi connectivity index (χ1v) is 6.63.